The largest absolute Gasteiger partial charge is 1.00 e. The summed E-state index contributed by atoms with van der Waals surface area (Å²) in [6, 6.07) is 0.573. The summed E-state index contributed by atoms with van der Waals surface area (Å²) >= 11 is 0. The van der Waals surface area contributed by atoms with Crippen molar-refractivity contribution < 1.29 is 38.5 Å². The van der Waals surface area contributed by atoms with Crippen molar-refractivity contribution in [2.75, 3.05) is 52.6 Å². The van der Waals surface area contributed by atoms with Crippen LogP contribution in [0.1, 0.15) is 67.2 Å². The minimum Gasteiger partial charge on any atom is -0.848 e. The summed E-state index contributed by atoms with van der Waals surface area (Å²) in [6.45, 7) is 20.5. The van der Waals surface area contributed by atoms with Gasteiger partial charge in [-0.3, -0.25) is 9.80 Å². The second-order valence-corrected chi connectivity index (χ2v) is 13.9. The number of hydrogen-bond donors (Lipinski definition) is 1. The van der Waals surface area contributed by atoms with Crippen molar-refractivity contribution in [1.82, 2.24) is 9.80 Å². The summed E-state index contributed by atoms with van der Waals surface area (Å²) in [4.78, 5) is 4.84. The fourth-order valence-corrected chi connectivity index (χ4v) is 8.46. The van der Waals surface area contributed by atoms with E-state index in [0.29, 0.717) is 22.8 Å². The van der Waals surface area contributed by atoms with E-state index in [0.717, 1.165) is 89.6 Å². The van der Waals surface area contributed by atoms with Crippen LogP contribution >= 0.6 is 0 Å². The maximum atomic E-state index is 12.8. The minimum absolute atomic E-state index is 0. The topological polar surface area (TPSA) is 68.2 Å². The molecule has 6 rings (SSSR count). The van der Waals surface area contributed by atoms with Gasteiger partial charge >= 0.3 is 18.9 Å². The van der Waals surface area contributed by atoms with E-state index in [-0.39, 0.29) is 24.9 Å². The second kappa shape index (κ2) is 9.83. The molecule has 0 amide bonds. The standard InChI is InChI=1S/C14H25NO2.C14H24NO2.Li/c2*1-13(2)10-8-12(14(3,16)9-11(10)13)15-4-6-17-7-5-15;/h10-12,16H,4-9H2,1-3H3;10-12H,4-9H2,1-3H3;/q;-1;+1/t2*10-,11+,12?,14?;/m11./s1. The Bertz CT molecular complexity index is 683. The van der Waals surface area contributed by atoms with Gasteiger partial charge in [0.1, 0.15) is 0 Å². The first kappa shape index (κ1) is 28.4. The van der Waals surface area contributed by atoms with E-state index in [1.54, 1.807) is 0 Å². The fraction of sp³-hybridized carbons (Fsp3) is 1.00. The van der Waals surface area contributed by atoms with Gasteiger partial charge in [0.25, 0.3) is 0 Å². The molecule has 0 aromatic carbocycles. The Kier molecular flexibility index (Phi) is 7.97. The molecule has 6 nitrogen and oxygen atoms in total. The number of aliphatic hydroxyl groups is 1. The molecule has 35 heavy (non-hydrogen) atoms. The molecule has 0 aromatic rings. The zero-order chi connectivity index (χ0) is 24.5. The van der Waals surface area contributed by atoms with E-state index in [1.165, 1.54) is 6.42 Å². The zero-order valence-corrected chi connectivity index (χ0v) is 23.5. The molecule has 4 unspecified atom stereocenters. The molecular weight excluding hydrogens is 435 g/mol. The number of rotatable bonds is 2. The Morgan fingerprint density at radius 1 is 0.657 bits per heavy atom. The van der Waals surface area contributed by atoms with Gasteiger partial charge < -0.3 is 19.7 Å². The molecule has 4 saturated carbocycles. The molecule has 6 aliphatic rings. The van der Waals surface area contributed by atoms with E-state index in [1.807, 2.05) is 13.8 Å². The van der Waals surface area contributed by atoms with Crippen LogP contribution in [0.2, 0.25) is 0 Å². The number of hydrogen-bond acceptors (Lipinski definition) is 6. The van der Waals surface area contributed by atoms with E-state index >= 15 is 0 Å². The first-order valence-electron chi connectivity index (χ1n) is 13.9. The number of ether oxygens (including phenoxy) is 2. The number of morpholine rings is 2. The van der Waals surface area contributed by atoms with Crippen LogP contribution in [-0.4, -0.2) is 90.8 Å². The first-order valence-corrected chi connectivity index (χ1v) is 13.9. The molecule has 0 radical (unpaired) electrons. The zero-order valence-electron chi connectivity index (χ0n) is 23.5. The quantitative estimate of drug-likeness (QED) is 0.527. The minimum atomic E-state index is -0.758. The van der Waals surface area contributed by atoms with Crippen LogP contribution in [0.3, 0.4) is 0 Å². The molecule has 8 atom stereocenters. The predicted octanol–water partition coefficient (Wildman–Crippen LogP) is -0.620. The summed E-state index contributed by atoms with van der Waals surface area (Å²) < 4.78 is 10.8. The van der Waals surface area contributed by atoms with Crippen LogP contribution in [0.15, 0.2) is 0 Å². The molecule has 6 fully saturated rings. The summed E-state index contributed by atoms with van der Waals surface area (Å²) in [6.07, 6.45) is 4.13. The molecule has 2 aliphatic heterocycles. The first-order chi connectivity index (χ1) is 15.9. The Labute approximate surface area is 225 Å². The maximum absolute atomic E-state index is 12.8. The van der Waals surface area contributed by atoms with Crippen molar-refractivity contribution in [3.05, 3.63) is 0 Å². The normalized spacial score (nSPS) is 48.3. The smallest absolute Gasteiger partial charge is 0.848 e. The van der Waals surface area contributed by atoms with Gasteiger partial charge in [-0.15, -0.1) is 5.60 Å². The molecule has 1 N–H and O–H groups in total. The fourth-order valence-electron chi connectivity index (χ4n) is 8.46. The number of fused-ring (bicyclic) bond motifs is 2. The van der Waals surface area contributed by atoms with Crippen molar-refractivity contribution in [1.29, 1.82) is 0 Å². The predicted molar refractivity (Wildman–Crippen MR) is 131 cm³/mol. The molecule has 0 aromatic heterocycles. The van der Waals surface area contributed by atoms with Crippen LogP contribution in [0.5, 0.6) is 0 Å². The van der Waals surface area contributed by atoms with Crippen LogP contribution in [-0.2, 0) is 9.47 Å². The van der Waals surface area contributed by atoms with Gasteiger partial charge in [-0.1, -0.05) is 41.0 Å². The van der Waals surface area contributed by atoms with Gasteiger partial charge in [-0.2, -0.15) is 0 Å². The van der Waals surface area contributed by atoms with E-state index < -0.39 is 11.2 Å². The van der Waals surface area contributed by atoms with E-state index in [4.69, 9.17) is 9.47 Å². The summed E-state index contributed by atoms with van der Waals surface area (Å²) in [5.41, 5.74) is -0.379. The van der Waals surface area contributed by atoms with Gasteiger partial charge in [0, 0.05) is 38.3 Å². The third kappa shape index (κ3) is 5.30. The van der Waals surface area contributed by atoms with Gasteiger partial charge in [-0.05, 0) is 60.7 Å². The molecule has 0 spiro atoms. The summed E-state index contributed by atoms with van der Waals surface area (Å²) in [5.74, 6) is 3.05. The Morgan fingerprint density at radius 2 is 1.06 bits per heavy atom. The molecule has 4 aliphatic carbocycles. The average Bonchev–Trinajstić information content (AvgIpc) is 3.52. The van der Waals surface area contributed by atoms with Crippen molar-refractivity contribution in [3.63, 3.8) is 0 Å². The van der Waals surface area contributed by atoms with E-state index in [9.17, 15) is 10.2 Å². The van der Waals surface area contributed by atoms with Gasteiger partial charge in [0.05, 0.1) is 32.0 Å². The molecule has 2 heterocycles. The Morgan fingerprint density at radius 3 is 1.54 bits per heavy atom. The molecule has 0 bridgehead atoms. The number of nitrogens with zero attached hydrogens (tertiary/aromatic N) is 2. The van der Waals surface area contributed by atoms with Crippen LogP contribution in [0.25, 0.3) is 0 Å². The van der Waals surface area contributed by atoms with Crippen molar-refractivity contribution in [3.8, 4) is 0 Å². The third-order valence-corrected chi connectivity index (χ3v) is 11.2. The molecule has 2 saturated heterocycles. The van der Waals surface area contributed by atoms with Crippen LogP contribution < -0.4 is 24.0 Å². The van der Waals surface area contributed by atoms with Gasteiger partial charge in [0.15, 0.2) is 0 Å². The van der Waals surface area contributed by atoms with Gasteiger partial charge in [0.2, 0.25) is 0 Å². The summed E-state index contributed by atoms with van der Waals surface area (Å²) in [5, 5.41) is 23.5. The monoisotopic (exact) mass is 484 g/mol. The van der Waals surface area contributed by atoms with Gasteiger partial charge in [-0.25, -0.2) is 0 Å². The Balaban J connectivity index is 0.000000160. The summed E-state index contributed by atoms with van der Waals surface area (Å²) in [7, 11) is 0. The molecule has 196 valence electrons. The maximum Gasteiger partial charge on any atom is 1.00 e. The second-order valence-electron chi connectivity index (χ2n) is 13.9. The Hall–Kier alpha value is 0.357. The van der Waals surface area contributed by atoms with E-state index in [2.05, 4.69) is 37.5 Å². The van der Waals surface area contributed by atoms with Crippen molar-refractivity contribution >= 4 is 0 Å². The average molecular weight is 485 g/mol. The molecular formula is C28H49LiN2O4. The SMILES string of the molecule is CC1(O)C[C@H]2[C@@H](CC1N1CCOCC1)C2(C)C.CC1([O-])C[C@H]2[C@@H](CC1N1CCOCC1)C2(C)C.[Li+]. The van der Waals surface area contributed by atoms with Crippen molar-refractivity contribution in [2.45, 2.75) is 90.5 Å². The van der Waals surface area contributed by atoms with Crippen LogP contribution in [0, 0.1) is 34.5 Å². The molecule has 7 heteroatoms. The van der Waals surface area contributed by atoms with Crippen molar-refractivity contribution in [2.24, 2.45) is 34.5 Å². The third-order valence-electron chi connectivity index (χ3n) is 11.2. The van der Waals surface area contributed by atoms with Crippen LogP contribution in [0.4, 0.5) is 0 Å².